The van der Waals surface area contributed by atoms with Gasteiger partial charge in [-0.25, -0.2) is 0 Å². The minimum absolute atomic E-state index is 0.0615. The van der Waals surface area contributed by atoms with Crippen LogP contribution in [0.25, 0.3) is 0 Å². The van der Waals surface area contributed by atoms with Gasteiger partial charge in [0.15, 0.2) is 0 Å². The van der Waals surface area contributed by atoms with Gasteiger partial charge < -0.3 is 19.2 Å². The molecule has 1 heterocycles. The first-order chi connectivity index (χ1) is 10.2. The smallest absolute Gasteiger partial charge is 0.122 e. The molecule has 0 amide bonds. The van der Waals surface area contributed by atoms with E-state index in [9.17, 15) is 0 Å². The lowest BCUT2D eigenvalue weighted by atomic mass is 10.00. The molecule has 4 nitrogen and oxygen atoms in total. The molecule has 0 radical (unpaired) electrons. The summed E-state index contributed by atoms with van der Waals surface area (Å²) in [4.78, 5) is 0. The van der Waals surface area contributed by atoms with Crippen LogP contribution in [0.15, 0.2) is 34.9 Å². The molecule has 1 aromatic carbocycles. The fraction of sp³-hybridized carbons (Fsp3) is 0.412. The Morgan fingerprint density at radius 2 is 1.71 bits per heavy atom. The number of furan rings is 1. The van der Waals surface area contributed by atoms with E-state index >= 15 is 0 Å². The summed E-state index contributed by atoms with van der Waals surface area (Å²) in [7, 11) is 3.32. The number of hydrogen-bond acceptors (Lipinski definition) is 4. The van der Waals surface area contributed by atoms with Gasteiger partial charge in [0, 0.05) is 11.6 Å². The van der Waals surface area contributed by atoms with E-state index in [0.717, 1.165) is 41.4 Å². The van der Waals surface area contributed by atoms with Crippen LogP contribution >= 0.6 is 0 Å². The number of nitrogens with one attached hydrogen (secondary N) is 1. The van der Waals surface area contributed by atoms with Crippen molar-refractivity contribution in [3.63, 3.8) is 0 Å². The Bertz CT molecular complexity index is 555. The molecule has 2 rings (SSSR count). The van der Waals surface area contributed by atoms with Crippen LogP contribution in [0.2, 0.25) is 0 Å². The average Bonchev–Trinajstić information content (AvgIpc) is 2.93. The zero-order valence-electron chi connectivity index (χ0n) is 13.1. The van der Waals surface area contributed by atoms with E-state index in [4.69, 9.17) is 13.9 Å². The number of benzene rings is 1. The molecule has 1 aromatic heterocycles. The van der Waals surface area contributed by atoms with E-state index in [1.165, 1.54) is 0 Å². The third-order valence-electron chi connectivity index (χ3n) is 3.39. The van der Waals surface area contributed by atoms with Crippen LogP contribution in [0, 0.1) is 6.92 Å². The molecule has 1 N–H and O–H groups in total. The van der Waals surface area contributed by atoms with Crippen molar-refractivity contribution in [1.82, 2.24) is 5.32 Å². The molecule has 0 aliphatic heterocycles. The number of rotatable bonds is 7. The topological polar surface area (TPSA) is 43.6 Å². The van der Waals surface area contributed by atoms with Gasteiger partial charge in [0.2, 0.25) is 0 Å². The van der Waals surface area contributed by atoms with Crippen LogP contribution in [0.5, 0.6) is 11.5 Å². The van der Waals surface area contributed by atoms with Gasteiger partial charge in [0.25, 0.3) is 0 Å². The molecule has 0 bridgehead atoms. The molecule has 0 saturated carbocycles. The zero-order chi connectivity index (χ0) is 15.2. The highest BCUT2D eigenvalue weighted by atomic mass is 16.5. The fourth-order valence-corrected chi connectivity index (χ4v) is 2.33. The molecular formula is C17H23NO3. The highest BCUT2D eigenvalue weighted by Crippen LogP contribution is 2.30. The maximum atomic E-state index is 5.46. The maximum Gasteiger partial charge on any atom is 0.122 e. The summed E-state index contributed by atoms with van der Waals surface area (Å²) < 4.78 is 16.2. The summed E-state index contributed by atoms with van der Waals surface area (Å²) in [6.45, 7) is 5.03. The SMILES string of the molecule is CCCNC(c1cc(OC)cc(OC)c1)c1coc(C)c1. The van der Waals surface area contributed by atoms with Crippen molar-refractivity contribution in [2.24, 2.45) is 0 Å². The first-order valence-electron chi connectivity index (χ1n) is 7.19. The Labute approximate surface area is 126 Å². The molecule has 1 atom stereocenters. The molecule has 4 heteroatoms. The highest BCUT2D eigenvalue weighted by Gasteiger charge is 2.17. The van der Waals surface area contributed by atoms with Gasteiger partial charge in [0.1, 0.15) is 17.3 Å². The molecule has 21 heavy (non-hydrogen) atoms. The van der Waals surface area contributed by atoms with Crippen LogP contribution in [-0.2, 0) is 0 Å². The Kier molecular flexibility index (Phi) is 5.28. The van der Waals surface area contributed by atoms with Gasteiger partial charge >= 0.3 is 0 Å². The van der Waals surface area contributed by atoms with E-state index in [1.807, 2.05) is 25.1 Å². The van der Waals surface area contributed by atoms with Crippen LogP contribution in [0.3, 0.4) is 0 Å². The number of methoxy groups -OCH3 is 2. The summed E-state index contributed by atoms with van der Waals surface area (Å²) in [6, 6.07) is 8.04. The predicted molar refractivity (Wildman–Crippen MR) is 83.1 cm³/mol. The largest absolute Gasteiger partial charge is 0.497 e. The normalized spacial score (nSPS) is 12.2. The average molecular weight is 289 g/mol. The second-order valence-electron chi connectivity index (χ2n) is 5.02. The third kappa shape index (κ3) is 3.79. The van der Waals surface area contributed by atoms with Crippen LogP contribution in [0.4, 0.5) is 0 Å². The van der Waals surface area contributed by atoms with Crippen LogP contribution in [0.1, 0.15) is 36.3 Å². The molecular weight excluding hydrogens is 266 g/mol. The van der Waals surface area contributed by atoms with E-state index < -0.39 is 0 Å². The van der Waals surface area contributed by atoms with Crippen molar-refractivity contribution in [2.45, 2.75) is 26.3 Å². The summed E-state index contributed by atoms with van der Waals surface area (Å²) >= 11 is 0. The van der Waals surface area contributed by atoms with Crippen molar-refractivity contribution < 1.29 is 13.9 Å². The van der Waals surface area contributed by atoms with E-state index in [2.05, 4.69) is 18.3 Å². The van der Waals surface area contributed by atoms with Crippen molar-refractivity contribution in [1.29, 1.82) is 0 Å². The molecule has 0 fully saturated rings. The second kappa shape index (κ2) is 7.18. The van der Waals surface area contributed by atoms with Crippen molar-refractivity contribution in [2.75, 3.05) is 20.8 Å². The molecule has 114 valence electrons. The first kappa shape index (κ1) is 15.4. The Morgan fingerprint density at radius 3 is 2.19 bits per heavy atom. The third-order valence-corrected chi connectivity index (χ3v) is 3.39. The van der Waals surface area contributed by atoms with E-state index in [-0.39, 0.29) is 6.04 Å². The first-order valence-corrected chi connectivity index (χ1v) is 7.19. The van der Waals surface area contributed by atoms with Gasteiger partial charge in [-0.2, -0.15) is 0 Å². The van der Waals surface area contributed by atoms with Gasteiger partial charge in [-0.15, -0.1) is 0 Å². The van der Waals surface area contributed by atoms with Gasteiger partial charge in [-0.05, 0) is 43.7 Å². The quantitative estimate of drug-likeness (QED) is 0.844. The molecule has 0 saturated heterocycles. The van der Waals surface area contributed by atoms with Crippen molar-refractivity contribution in [3.05, 3.63) is 47.4 Å². The lowest BCUT2D eigenvalue weighted by Crippen LogP contribution is -2.22. The van der Waals surface area contributed by atoms with E-state index in [1.54, 1.807) is 20.5 Å². The van der Waals surface area contributed by atoms with Gasteiger partial charge in [0.05, 0.1) is 26.5 Å². The fourth-order valence-electron chi connectivity index (χ4n) is 2.33. The Morgan fingerprint density at radius 1 is 1.05 bits per heavy atom. The minimum Gasteiger partial charge on any atom is -0.497 e. The summed E-state index contributed by atoms with van der Waals surface area (Å²) in [6.07, 6.45) is 2.86. The maximum absolute atomic E-state index is 5.46. The zero-order valence-corrected chi connectivity index (χ0v) is 13.1. The second-order valence-corrected chi connectivity index (χ2v) is 5.02. The molecule has 2 aromatic rings. The lowest BCUT2D eigenvalue weighted by molar-refractivity contribution is 0.392. The van der Waals surface area contributed by atoms with Crippen molar-refractivity contribution in [3.8, 4) is 11.5 Å². The summed E-state index contributed by atoms with van der Waals surface area (Å²) in [5.74, 6) is 2.48. The number of hydrogen-bond donors (Lipinski definition) is 1. The molecule has 0 spiro atoms. The number of ether oxygens (including phenoxy) is 2. The Hall–Kier alpha value is -1.94. The lowest BCUT2D eigenvalue weighted by Gasteiger charge is -2.19. The molecule has 1 unspecified atom stereocenters. The summed E-state index contributed by atoms with van der Waals surface area (Å²) in [5.41, 5.74) is 2.21. The molecule has 0 aliphatic rings. The van der Waals surface area contributed by atoms with Crippen LogP contribution in [-0.4, -0.2) is 20.8 Å². The highest BCUT2D eigenvalue weighted by molar-refractivity contribution is 5.42. The summed E-state index contributed by atoms with van der Waals surface area (Å²) in [5, 5.41) is 3.55. The van der Waals surface area contributed by atoms with Crippen LogP contribution < -0.4 is 14.8 Å². The predicted octanol–water partition coefficient (Wildman–Crippen LogP) is 3.69. The van der Waals surface area contributed by atoms with E-state index in [0.29, 0.717) is 0 Å². The number of aryl methyl sites for hydroxylation is 1. The van der Waals surface area contributed by atoms with Gasteiger partial charge in [-0.3, -0.25) is 0 Å². The van der Waals surface area contributed by atoms with Crippen molar-refractivity contribution >= 4 is 0 Å². The monoisotopic (exact) mass is 289 g/mol. The Balaban J connectivity index is 2.40. The molecule has 0 aliphatic carbocycles. The van der Waals surface area contributed by atoms with Gasteiger partial charge in [-0.1, -0.05) is 6.92 Å². The minimum atomic E-state index is 0.0615. The standard InChI is InChI=1S/C17H23NO3/c1-5-6-18-17(14-7-12(2)21-11-14)13-8-15(19-3)10-16(9-13)20-4/h7-11,17-18H,5-6H2,1-4H3.